The highest BCUT2D eigenvalue weighted by Gasteiger charge is 2.33. The maximum Gasteiger partial charge on any atom is 0.156 e. The number of hydrogen-bond acceptors (Lipinski definition) is 7. The average Bonchev–Trinajstić information content (AvgIpc) is 3.51. The number of benzene rings is 2. The molecule has 43 heavy (non-hydrogen) atoms. The van der Waals surface area contributed by atoms with Gasteiger partial charge in [0.2, 0.25) is 0 Å². The third-order valence-corrected chi connectivity index (χ3v) is 11.3. The number of aryl methyl sites for hydroxylation is 2. The zero-order valence-corrected chi connectivity index (χ0v) is 25.4. The zero-order chi connectivity index (χ0) is 29.9. The SMILES string of the molecule is Cc1nnn(C)c1-c1cnc2c3cc(N4CCS(=O)(=O)[C@H](C)C4)ccc3n([C@H](c3ccccc3F)C3CCOCC3)c2c1. The van der Waals surface area contributed by atoms with E-state index in [0.29, 0.717) is 31.9 Å². The van der Waals surface area contributed by atoms with E-state index in [2.05, 4.69) is 44.0 Å². The molecule has 0 aliphatic carbocycles. The Morgan fingerprint density at radius 3 is 2.58 bits per heavy atom. The van der Waals surface area contributed by atoms with Crippen LogP contribution in [0.3, 0.4) is 0 Å². The lowest BCUT2D eigenvalue weighted by Gasteiger charge is -2.34. The van der Waals surface area contributed by atoms with Crippen molar-refractivity contribution in [3.05, 3.63) is 71.8 Å². The van der Waals surface area contributed by atoms with Crippen LogP contribution in [-0.2, 0) is 21.6 Å². The summed E-state index contributed by atoms with van der Waals surface area (Å²) in [6.45, 7) is 5.86. The quantitative estimate of drug-likeness (QED) is 0.277. The highest BCUT2D eigenvalue weighted by Crippen LogP contribution is 2.42. The second kappa shape index (κ2) is 10.7. The zero-order valence-electron chi connectivity index (χ0n) is 24.6. The minimum Gasteiger partial charge on any atom is -0.381 e. The molecule has 0 radical (unpaired) electrons. The van der Waals surface area contributed by atoms with Gasteiger partial charge in [-0.2, -0.15) is 0 Å². The molecule has 5 heterocycles. The number of halogens is 1. The minimum absolute atomic E-state index is 0.132. The molecule has 0 N–H and O–H groups in total. The van der Waals surface area contributed by atoms with Crippen molar-refractivity contribution >= 4 is 37.5 Å². The molecule has 5 aromatic rings. The summed E-state index contributed by atoms with van der Waals surface area (Å²) in [6.07, 6.45) is 3.49. The fourth-order valence-electron chi connectivity index (χ4n) is 6.92. The van der Waals surface area contributed by atoms with Gasteiger partial charge in [-0.25, -0.2) is 17.5 Å². The Morgan fingerprint density at radius 1 is 1.07 bits per heavy atom. The Hall–Kier alpha value is -3.83. The topological polar surface area (TPSA) is 95.1 Å². The van der Waals surface area contributed by atoms with E-state index in [4.69, 9.17) is 9.72 Å². The number of rotatable bonds is 5. The fourth-order valence-corrected chi connectivity index (χ4v) is 8.20. The van der Waals surface area contributed by atoms with E-state index < -0.39 is 15.1 Å². The van der Waals surface area contributed by atoms with Gasteiger partial charge < -0.3 is 14.2 Å². The first-order valence-corrected chi connectivity index (χ1v) is 16.5. The molecule has 224 valence electrons. The molecule has 0 unspecified atom stereocenters. The van der Waals surface area contributed by atoms with E-state index in [0.717, 1.165) is 57.4 Å². The Balaban J connectivity index is 1.48. The second-order valence-electron chi connectivity index (χ2n) is 11.9. The summed E-state index contributed by atoms with van der Waals surface area (Å²) in [5.41, 5.74) is 6.85. The van der Waals surface area contributed by atoms with Crippen molar-refractivity contribution in [3.63, 3.8) is 0 Å². The lowest BCUT2D eigenvalue weighted by atomic mass is 9.86. The molecule has 3 aromatic heterocycles. The van der Waals surface area contributed by atoms with Crippen molar-refractivity contribution in [1.82, 2.24) is 24.5 Å². The Kier molecular flexibility index (Phi) is 6.97. The van der Waals surface area contributed by atoms with E-state index in [1.807, 2.05) is 32.3 Å². The van der Waals surface area contributed by atoms with Crippen LogP contribution in [-0.4, -0.2) is 70.3 Å². The van der Waals surface area contributed by atoms with Crippen molar-refractivity contribution in [2.45, 2.75) is 38.0 Å². The summed E-state index contributed by atoms with van der Waals surface area (Å²) >= 11 is 0. The molecule has 2 aliphatic rings. The maximum absolute atomic E-state index is 15.7. The van der Waals surface area contributed by atoms with Gasteiger partial charge in [0.1, 0.15) is 5.82 Å². The summed E-state index contributed by atoms with van der Waals surface area (Å²) in [4.78, 5) is 7.15. The second-order valence-corrected chi connectivity index (χ2v) is 14.4. The first-order valence-electron chi connectivity index (χ1n) is 14.8. The molecule has 2 saturated heterocycles. The van der Waals surface area contributed by atoms with Crippen LogP contribution in [0.5, 0.6) is 0 Å². The van der Waals surface area contributed by atoms with Crippen molar-refractivity contribution in [3.8, 4) is 11.3 Å². The Bertz CT molecular complexity index is 1930. The number of pyridine rings is 1. The van der Waals surface area contributed by atoms with Crippen LogP contribution < -0.4 is 4.90 Å². The molecule has 0 spiro atoms. The van der Waals surface area contributed by atoms with E-state index in [9.17, 15) is 8.42 Å². The molecule has 2 fully saturated rings. The minimum atomic E-state index is -3.08. The van der Waals surface area contributed by atoms with Gasteiger partial charge in [-0.15, -0.1) is 5.10 Å². The van der Waals surface area contributed by atoms with Crippen molar-refractivity contribution < 1.29 is 17.5 Å². The van der Waals surface area contributed by atoms with Gasteiger partial charge in [0.25, 0.3) is 0 Å². The van der Waals surface area contributed by atoms with E-state index >= 15 is 4.39 Å². The third-order valence-electron chi connectivity index (χ3n) is 9.21. The lowest BCUT2D eigenvalue weighted by molar-refractivity contribution is 0.0548. The van der Waals surface area contributed by atoms with Crippen molar-refractivity contribution in [1.29, 1.82) is 0 Å². The smallest absolute Gasteiger partial charge is 0.156 e. The molecule has 7 rings (SSSR count). The summed E-state index contributed by atoms with van der Waals surface area (Å²) in [7, 11) is -1.22. The third kappa shape index (κ3) is 4.78. The van der Waals surface area contributed by atoms with Gasteiger partial charge in [-0.1, -0.05) is 23.4 Å². The first-order chi connectivity index (χ1) is 20.7. The summed E-state index contributed by atoms with van der Waals surface area (Å²) in [6, 6.07) is 15.2. The molecule has 2 aromatic carbocycles. The van der Waals surface area contributed by atoms with Crippen LogP contribution in [0.15, 0.2) is 54.7 Å². The highest BCUT2D eigenvalue weighted by molar-refractivity contribution is 7.92. The van der Waals surface area contributed by atoms with Crippen LogP contribution >= 0.6 is 0 Å². The fraction of sp³-hybridized carbons (Fsp3) is 0.406. The number of fused-ring (bicyclic) bond motifs is 3. The van der Waals surface area contributed by atoms with Gasteiger partial charge in [0.15, 0.2) is 9.84 Å². The van der Waals surface area contributed by atoms with Gasteiger partial charge in [-0.3, -0.25) is 4.98 Å². The van der Waals surface area contributed by atoms with Crippen LogP contribution in [0.4, 0.5) is 10.1 Å². The van der Waals surface area contributed by atoms with Crippen LogP contribution in [0.25, 0.3) is 33.2 Å². The molecule has 0 saturated carbocycles. The number of aromatic nitrogens is 5. The largest absolute Gasteiger partial charge is 0.381 e. The summed E-state index contributed by atoms with van der Waals surface area (Å²) < 4.78 is 50.3. The van der Waals surface area contributed by atoms with Gasteiger partial charge in [-0.05, 0) is 62.9 Å². The molecule has 9 nitrogen and oxygen atoms in total. The molecular weight excluding hydrogens is 567 g/mol. The Morgan fingerprint density at radius 2 is 1.86 bits per heavy atom. The number of nitrogens with zero attached hydrogens (tertiary/aromatic N) is 6. The van der Waals surface area contributed by atoms with Gasteiger partial charge >= 0.3 is 0 Å². The summed E-state index contributed by atoms with van der Waals surface area (Å²) in [5.74, 6) is 0.0539. The normalized spacial score (nSPS) is 20.2. The van der Waals surface area contributed by atoms with E-state index in [1.165, 1.54) is 6.07 Å². The molecule has 11 heteroatoms. The predicted octanol–water partition coefficient (Wildman–Crippen LogP) is 5.07. The van der Waals surface area contributed by atoms with Crippen LogP contribution in [0.2, 0.25) is 0 Å². The average molecular weight is 603 g/mol. The number of sulfone groups is 1. The van der Waals surface area contributed by atoms with Crippen molar-refractivity contribution in [2.75, 3.05) is 37.0 Å². The highest BCUT2D eigenvalue weighted by atomic mass is 32.2. The first kappa shape index (κ1) is 28.0. The van der Waals surface area contributed by atoms with Crippen molar-refractivity contribution in [2.24, 2.45) is 13.0 Å². The van der Waals surface area contributed by atoms with Gasteiger partial charge in [0, 0.05) is 61.7 Å². The van der Waals surface area contributed by atoms with Crippen LogP contribution in [0, 0.1) is 18.7 Å². The van der Waals surface area contributed by atoms with E-state index in [-0.39, 0.29) is 23.5 Å². The number of anilines is 1. The van der Waals surface area contributed by atoms with Crippen LogP contribution in [0.1, 0.15) is 37.1 Å². The molecule has 2 atom stereocenters. The van der Waals surface area contributed by atoms with E-state index in [1.54, 1.807) is 17.7 Å². The summed E-state index contributed by atoms with van der Waals surface area (Å²) in [5, 5.41) is 8.97. The standard InChI is InChI=1S/C32H35FN6O3S/c1-20-19-38(12-15-43(20,40)41)24-8-9-28-26(17-24)30-29(16-23(18-34-30)31-21(2)35-36-37(31)3)39(28)32(22-10-13-42-14-11-22)25-6-4-5-7-27(25)33/h4-9,16-18,20,22,32H,10-15,19H2,1-3H3/t20-,32+/m1/s1. The maximum atomic E-state index is 15.7. The molecule has 2 aliphatic heterocycles. The monoisotopic (exact) mass is 602 g/mol. The lowest BCUT2D eigenvalue weighted by Crippen LogP contribution is -2.45. The number of ether oxygens (including phenoxy) is 1. The molecule has 0 bridgehead atoms. The molecule has 0 amide bonds. The van der Waals surface area contributed by atoms with Gasteiger partial charge in [0.05, 0.1) is 45.0 Å². The predicted molar refractivity (Wildman–Crippen MR) is 166 cm³/mol. The Labute approximate surface area is 250 Å². The number of hydrogen-bond donors (Lipinski definition) is 0. The molecular formula is C32H35FN6O3S.